The van der Waals surface area contributed by atoms with Crippen LogP contribution in [0.5, 0.6) is 5.88 Å². The van der Waals surface area contributed by atoms with Gasteiger partial charge in [0.25, 0.3) is 6.43 Å². The molecule has 0 spiro atoms. The second kappa shape index (κ2) is 9.29. The second-order valence-electron chi connectivity index (χ2n) is 7.57. The van der Waals surface area contributed by atoms with Gasteiger partial charge >= 0.3 is 0 Å². The summed E-state index contributed by atoms with van der Waals surface area (Å²) >= 11 is 0. The van der Waals surface area contributed by atoms with Crippen LogP contribution in [0, 0.1) is 12.8 Å². The van der Waals surface area contributed by atoms with Crippen LogP contribution in [-0.2, 0) is 11.4 Å². The van der Waals surface area contributed by atoms with Crippen molar-refractivity contribution < 1.29 is 18.3 Å². The van der Waals surface area contributed by atoms with E-state index in [0.29, 0.717) is 42.6 Å². The Morgan fingerprint density at radius 3 is 2.53 bits per heavy atom. The minimum absolute atomic E-state index is 0.0106. The summed E-state index contributed by atoms with van der Waals surface area (Å²) in [7, 11) is 0. The van der Waals surface area contributed by atoms with Gasteiger partial charge in [0.15, 0.2) is 0 Å². The number of rotatable bonds is 8. The van der Waals surface area contributed by atoms with Gasteiger partial charge in [-0.3, -0.25) is 4.79 Å². The summed E-state index contributed by atoms with van der Waals surface area (Å²) in [6.07, 6.45) is -0.802. The predicted molar refractivity (Wildman–Crippen MR) is 114 cm³/mol. The SMILES string of the molecule is CCNC(=O)C1CN(c2ccc(OCc3c(C)nnn3-c3ccc(C(F)F)cc3)nc2)C1. The monoisotopic (exact) mass is 442 g/mol. The third-order valence-corrected chi connectivity index (χ3v) is 5.39. The molecule has 1 aliphatic heterocycles. The van der Waals surface area contributed by atoms with Gasteiger partial charge in [0.1, 0.15) is 12.3 Å². The van der Waals surface area contributed by atoms with Crippen molar-refractivity contribution in [2.75, 3.05) is 24.5 Å². The number of carbonyl (C=O) groups excluding carboxylic acids is 1. The fourth-order valence-electron chi connectivity index (χ4n) is 3.47. The number of halogens is 2. The normalized spacial score (nSPS) is 13.8. The van der Waals surface area contributed by atoms with E-state index in [1.807, 2.05) is 13.0 Å². The van der Waals surface area contributed by atoms with Crippen molar-refractivity contribution in [1.82, 2.24) is 25.3 Å². The molecule has 8 nitrogen and oxygen atoms in total. The lowest BCUT2D eigenvalue weighted by atomic mass is 9.98. The number of pyridine rings is 1. The molecule has 0 unspecified atom stereocenters. The average Bonchev–Trinajstić information content (AvgIpc) is 3.12. The van der Waals surface area contributed by atoms with Gasteiger partial charge in [-0.2, -0.15) is 0 Å². The van der Waals surface area contributed by atoms with Crippen LogP contribution in [0.15, 0.2) is 42.6 Å². The third kappa shape index (κ3) is 4.53. The number of hydrogen-bond acceptors (Lipinski definition) is 6. The molecular weight excluding hydrogens is 418 g/mol. The fourth-order valence-corrected chi connectivity index (χ4v) is 3.47. The Morgan fingerprint density at radius 2 is 1.91 bits per heavy atom. The number of ether oxygens (including phenoxy) is 1. The van der Waals surface area contributed by atoms with Crippen LogP contribution in [0.3, 0.4) is 0 Å². The van der Waals surface area contributed by atoms with Crippen molar-refractivity contribution in [2.45, 2.75) is 26.9 Å². The zero-order valence-electron chi connectivity index (χ0n) is 17.8. The molecule has 4 rings (SSSR count). The second-order valence-corrected chi connectivity index (χ2v) is 7.57. The molecule has 1 aromatic carbocycles. The van der Waals surface area contributed by atoms with Gasteiger partial charge in [0.05, 0.1) is 29.2 Å². The quantitative estimate of drug-likeness (QED) is 0.577. The van der Waals surface area contributed by atoms with Crippen molar-refractivity contribution in [2.24, 2.45) is 5.92 Å². The van der Waals surface area contributed by atoms with Crippen LogP contribution >= 0.6 is 0 Å². The summed E-state index contributed by atoms with van der Waals surface area (Å²) in [6, 6.07) is 9.57. The van der Waals surface area contributed by atoms with Crippen LogP contribution in [0.2, 0.25) is 0 Å². The average molecular weight is 442 g/mol. The van der Waals surface area contributed by atoms with Crippen LogP contribution in [0.25, 0.3) is 5.69 Å². The molecule has 2 aromatic heterocycles. The molecule has 1 fully saturated rings. The highest BCUT2D eigenvalue weighted by Gasteiger charge is 2.32. The number of anilines is 1. The maximum absolute atomic E-state index is 12.8. The van der Waals surface area contributed by atoms with Crippen LogP contribution in [0.4, 0.5) is 14.5 Å². The van der Waals surface area contributed by atoms with E-state index in [1.165, 1.54) is 12.1 Å². The minimum atomic E-state index is -2.52. The number of carbonyl (C=O) groups is 1. The molecule has 1 N–H and O–H groups in total. The molecule has 168 valence electrons. The van der Waals surface area contributed by atoms with E-state index in [9.17, 15) is 13.6 Å². The van der Waals surface area contributed by atoms with Crippen LogP contribution in [0.1, 0.15) is 30.3 Å². The van der Waals surface area contributed by atoms with Gasteiger partial charge in [-0.25, -0.2) is 18.4 Å². The number of aromatic nitrogens is 4. The molecule has 1 amide bonds. The number of nitrogens with one attached hydrogen (secondary N) is 1. The Hall–Kier alpha value is -3.56. The smallest absolute Gasteiger partial charge is 0.263 e. The Bertz CT molecular complexity index is 1060. The molecule has 10 heteroatoms. The first-order valence-electron chi connectivity index (χ1n) is 10.4. The highest BCUT2D eigenvalue weighted by atomic mass is 19.3. The lowest BCUT2D eigenvalue weighted by Gasteiger charge is -2.39. The first kappa shape index (κ1) is 21.7. The Labute approximate surface area is 184 Å². The molecule has 0 saturated carbocycles. The summed E-state index contributed by atoms with van der Waals surface area (Å²) < 4.78 is 33.0. The van der Waals surface area contributed by atoms with E-state index < -0.39 is 6.43 Å². The fraction of sp³-hybridized carbons (Fsp3) is 0.364. The van der Waals surface area contributed by atoms with Crippen LogP contribution < -0.4 is 15.0 Å². The van der Waals surface area contributed by atoms with Gasteiger partial charge < -0.3 is 15.0 Å². The van der Waals surface area contributed by atoms with Gasteiger partial charge in [0, 0.05) is 31.3 Å². The Morgan fingerprint density at radius 1 is 1.19 bits per heavy atom. The maximum atomic E-state index is 12.8. The first-order chi connectivity index (χ1) is 15.5. The summed E-state index contributed by atoms with van der Waals surface area (Å²) in [5.74, 6) is 0.534. The van der Waals surface area contributed by atoms with Crippen molar-refractivity contribution in [3.63, 3.8) is 0 Å². The maximum Gasteiger partial charge on any atom is 0.263 e. The van der Waals surface area contributed by atoms with Crippen LogP contribution in [-0.4, -0.2) is 45.5 Å². The number of aryl methyl sites for hydroxylation is 1. The van der Waals surface area contributed by atoms with Crippen molar-refractivity contribution in [1.29, 1.82) is 0 Å². The molecule has 0 atom stereocenters. The van der Waals surface area contributed by atoms with Gasteiger partial charge in [-0.05, 0) is 32.0 Å². The number of benzene rings is 1. The lowest BCUT2D eigenvalue weighted by molar-refractivity contribution is -0.125. The zero-order chi connectivity index (χ0) is 22.7. The molecule has 1 aliphatic rings. The largest absolute Gasteiger partial charge is 0.471 e. The van der Waals surface area contributed by atoms with E-state index in [4.69, 9.17) is 4.74 Å². The van der Waals surface area contributed by atoms with E-state index in [-0.39, 0.29) is 24.0 Å². The molecule has 0 radical (unpaired) electrons. The number of alkyl halides is 2. The van der Waals surface area contributed by atoms with Crippen molar-refractivity contribution >= 4 is 11.6 Å². The molecule has 0 aliphatic carbocycles. The number of amides is 1. The molecule has 3 aromatic rings. The summed E-state index contributed by atoms with van der Waals surface area (Å²) in [4.78, 5) is 18.3. The third-order valence-electron chi connectivity index (χ3n) is 5.39. The summed E-state index contributed by atoms with van der Waals surface area (Å²) in [5, 5.41) is 11.0. The van der Waals surface area contributed by atoms with Gasteiger partial charge in [-0.15, -0.1) is 5.10 Å². The van der Waals surface area contributed by atoms with E-state index in [1.54, 1.807) is 36.0 Å². The topological polar surface area (TPSA) is 85.2 Å². The number of hydrogen-bond donors (Lipinski definition) is 1. The molecular formula is C22H24F2N6O2. The summed E-state index contributed by atoms with van der Waals surface area (Å²) in [5.41, 5.74) is 2.88. The predicted octanol–water partition coefficient (Wildman–Crippen LogP) is 3.06. The van der Waals surface area contributed by atoms with E-state index in [2.05, 4.69) is 25.5 Å². The van der Waals surface area contributed by atoms with E-state index in [0.717, 1.165) is 5.69 Å². The first-order valence-corrected chi connectivity index (χ1v) is 10.4. The Balaban J connectivity index is 1.37. The van der Waals surface area contributed by atoms with E-state index >= 15 is 0 Å². The van der Waals surface area contributed by atoms with Gasteiger partial charge in [0.2, 0.25) is 11.8 Å². The molecule has 32 heavy (non-hydrogen) atoms. The highest BCUT2D eigenvalue weighted by molar-refractivity contribution is 5.81. The molecule has 1 saturated heterocycles. The Kier molecular flexibility index (Phi) is 6.29. The zero-order valence-corrected chi connectivity index (χ0v) is 17.8. The number of nitrogens with zero attached hydrogens (tertiary/aromatic N) is 5. The minimum Gasteiger partial charge on any atom is -0.471 e. The van der Waals surface area contributed by atoms with Crippen molar-refractivity contribution in [3.8, 4) is 11.6 Å². The highest BCUT2D eigenvalue weighted by Crippen LogP contribution is 2.26. The molecule has 3 heterocycles. The molecule has 0 bridgehead atoms. The van der Waals surface area contributed by atoms with Gasteiger partial charge in [-0.1, -0.05) is 17.3 Å². The standard InChI is InChI=1S/C22H24F2N6O2/c1-3-25-22(31)16-11-29(12-16)18-8-9-20(26-10-18)32-13-19-14(2)27-28-30(19)17-6-4-15(5-7-17)21(23)24/h4-10,16,21H,3,11-13H2,1-2H3,(H,25,31). The summed E-state index contributed by atoms with van der Waals surface area (Å²) in [6.45, 7) is 5.86. The lowest BCUT2D eigenvalue weighted by Crippen LogP contribution is -2.53. The van der Waals surface area contributed by atoms with Crippen molar-refractivity contribution in [3.05, 3.63) is 59.5 Å².